The molecule has 4 rings (SSSR count). The lowest BCUT2D eigenvalue weighted by Crippen LogP contribution is -2.57. The Morgan fingerprint density at radius 2 is 1.80 bits per heavy atom. The van der Waals surface area contributed by atoms with Crippen molar-refractivity contribution in [3.8, 4) is 0 Å². The third-order valence-electron chi connectivity index (χ3n) is 12.4. The van der Waals surface area contributed by atoms with Gasteiger partial charge in [-0.15, -0.1) is 0 Å². The smallest absolute Gasteiger partial charge is 0.192 e. The van der Waals surface area contributed by atoms with E-state index in [-0.39, 0.29) is 28.1 Å². The summed E-state index contributed by atoms with van der Waals surface area (Å²) in [5.41, 5.74) is 4.45. The first-order valence-corrected chi connectivity index (χ1v) is 20.3. The van der Waals surface area contributed by atoms with Gasteiger partial charge in [0.2, 0.25) is 0 Å². The topological polar surface area (TPSA) is 49.7 Å². The SMILES string of the molecule is CCC(O)(CC)CCCSC(C)C1=CC[C@H]2C3=CC=C4CC(O)CC(O[Si](C)(C)C(C)(C)C)[C@]4(C)[C@H]3CC[C@]12C. The number of aliphatic hydroxyl groups excluding tert-OH is 1. The standard InChI is InChI=1S/C35H60O3SSi/c1-11-35(37,12-2)19-13-21-39-24(3)28-16-17-29-27-15-14-25-22-26(36)23-31(38-40(9,10)32(4,5)6)34(25,8)30(27)18-20-33(28,29)7/h14-16,24,26,29-31,36-37H,11-13,17-23H2,1-10H3/t24?,26?,29-,30-,31?,33+,34-/m0/s1. The molecule has 0 heterocycles. The van der Waals surface area contributed by atoms with E-state index in [0.29, 0.717) is 17.1 Å². The van der Waals surface area contributed by atoms with Gasteiger partial charge in [-0.05, 0) is 106 Å². The molecule has 0 aromatic heterocycles. The highest BCUT2D eigenvalue weighted by atomic mass is 32.2. The van der Waals surface area contributed by atoms with E-state index < -0.39 is 13.9 Å². The van der Waals surface area contributed by atoms with Gasteiger partial charge in [-0.1, -0.05) is 83.4 Å². The molecule has 0 aromatic carbocycles. The first-order valence-electron chi connectivity index (χ1n) is 16.3. The van der Waals surface area contributed by atoms with Crippen molar-refractivity contribution in [2.45, 2.75) is 154 Å². The van der Waals surface area contributed by atoms with E-state index in [0.717, 1.165) is 50.7 Å². The van der Waals surface area contributed by atoms with Crippen LogP contribution in [0.4, 0.5) is 0 Å². The van der Waals surface area contributed by atoms with Crippen molar-refractivity contribution in [3.63, 3.8) is 0 Å². The highest BCUT2D eigenvalue weighted by Gasteiger charge is 2.58. The molecule has 40 heavy (non-hydrogen) atoms. The van der Waals surface area contributed by atoms with Crippen LogP contribution in [0.5, 0.6) is 0 Å². The summed E-state index contributed by atoms with van der Waals surface area (Å²) in [5, 5.41) is 22.3. The molecule has 0 spiro atoms. The molecule has 3 nitrogen and oxygen atoms in total. The molecule has 0 amide bonds. The van der Waals surface area contributed by atoms with E-state index in [4.69, 9.17) is 4.43 Å². The minimum absolute atomic E-state index is 0.0291. The van der Waals surface area contributed by atoms with E-state index in [9.17, 15) is 10.2 Å². The van der Waals surface area contributed by atoms with E-state index >= 15 is 0 Å². The zero-order valence-electron chi connectivity index (χ0n) is 27.4. The van der Waals surface area contributed by atoms with Crippen LogP contribution in [-0.4, -0.2) is 47.3 Å². The lowest BCUT2D eigenvalue weighted by atomic mass is 9.49. The zero-order chi connectivity index (χ0) is 29.7. The Kier molecular flexibility index (Phi) is 9.48. The Hall–Kier alpha value is -0.333. The van der Waals surface area contributed by atoms with Gasteiger partial charge in [-0.3, -0.25) is 0 Å². The van der Waals surface area contributed by atoms with Gasteiger partial charge in [0.05, 0.1) is 17.8 Å². The van der Waals surface area contributed by atoms with Gasteiger partial charge in [0, 0.05) is 10.7 Å². The predicted octanol–water partition coefficient (Wildman–Crippen LogP) is 9.22. The summed E-state index contributed by atoms with van der Waals surface area (Å²) < 4.78 is 7.20. The Morgan fingerprint density at radius 1 is 1.12 bits per heavy atom. The minimum Gasteiger partial charge on any atom is -0.413 e. The van der Waals surface area contributed by atoms with Crippen LogP contribution in [0, 0.1) is 22.7 Å². The number of fused-ring (bicyclic) bond motifs is 5. The van der Waals surface area contributed by atoms with Crippen molar-refractivity contribution >= 4 is 20.1 Å². The molecule has 4 aliphatic rings. The summed E-state index contributed by atoms with van der Waals surface area (Å²) in [4.78, 5) is 0. The second-order valence-electron chi connectivity index (χ2n) is 15.6. The maximum atomic E-state index is 10.9. The summed E-state index contributed by atoms with van der Waals surface area (Å²) in [6.45, 7) is 23.4. The van der Waals surface area contributed by atoms with Crippen molar-refractivity contribution in [2.75, 3.05) is 5.75 Å². The molecule has 5 heteroatoms. The van der Waals surface area contributed by atoms with Crippen LogP contribution in [0.2, 0.25) is 18.1 Å². The van der Waals surface area contributed by atoms with Crippen LogP contribution < -0.4 is 0 Å². The van der Waals surface area contributed by atoms with Crippen molar-refractivity contribution < 1.29 is 14.6 Å². The van der Waals surface area contributed by atoms with Gasteiger partial charge < -0.3 is 14.6 Å². The largest absolute Gasteiger partial charge is 0.413 e. The number of hydrogen-bond donors (Lipinski definition) is 2. The second-order valence-corrected chi connectivity index (χ2v) is 21.8. The molecule has 0 radical (unpaired) electrons. The van der Waals surface area contributed by atoms with E-state index in [1.807, 2.05) is 0 Å². The Bertz CT molecular complexity index is 1020. The van der Waals surface area contributed by atoms with Crippen molar-refractivity contribution in [1.82, 2.24) is 0 Å². The van der Waals surface area contributed by atoms with Crippen LogP contribution >= 0.6 is 11.8 Å². The van der Waals surface area contributed by atoms with Crippen LogP contribution in [-0.2, 0) is 4.43 Å². The number of aliphatic hydroxyl groups is 2. The van der Waals surface area contributed by atoms with Crippen LogP contribution in [0.3, 0.4) is 0 Å². The zero-order valence-corrected chi connectivity index (χ0v) is 29.2. The lowest BCUT2D eigenvalue weighted by molar-refractivity contribution is -0.0417. The highest BCUT2D eigenvalue weighted by molar-refractivity contribution is 8.00. The molecule has 7 atom stereocenters. The molecule has 228 valence electrons. The fourth-order valence-corrected chi connectivity index (χ4v) is 10.9. The van der Waals surface area contributed by atoms with Crippen LogP contribution in [0.1, 0.15) is 113 Å². The third kappa shape index (κ3) is 5.77. The van der Waals surface area contributed by atoms with Gasteiger partial charge in [0.25, 0.3) is 0 Å². The van der Waals surface area contributed by atoms with E-state index in [1.165, 1.54) is 18.4 Å². The van der Waals surface area contributed by atoms with Crippen molar-refractivity contribution in [2.24, 2.45) is 22.7 Å². The average molecular weight is 589 g/mol. The highest BCUT2D eigenvalue weighted by Crippen LogP contribution is 2.65. The normalized spacial score (nSPS) is 35.2. The molecule has 2 N–H and O–H groups in total. The lowest BCUT2D eigenvalue weighted by Gasteiger charge is -2.58. The quantitative estimate of drug-likeness (QED) is 0.152. The fraction of sp³-hybridized carbons (Fsp3) is 0.829. The molecular weight excluding hydrogens is 529 g/mol. The van der Waals surface area contributed by atoms with Crippen LogP contribution in [0.15, 0.2) is 34.9 Å². The Balaban J connectivity index is 1.51. The first kappa shape index (κ1) is 32.6. The van der Waals surface area contributed by atoms with Gasteiger partial charge in [-0.25, -0.2) is 0 Å². The fourth-order valence-electron chi connectivity index (χ4n) is 8.33. The van der Waals surface area contributed by atoms with Crippen molar-refractivity contribution in [1.29, 1.82) is 0 Å². The maximum Gasteiger partial charge on any atom is 0.192 e. The average Bonchev–Trinajstić information content (AvgIpc) is 3.23. The molecule has 3 unspecified atom stereocenters. The van der Waals surface area contributed by atoms with Gasteiger partial charge in [0.1, 0.15) is 0 Å². The number of hydrogen-bond acceptors (Lipinski definition) is 4. The molecule has 0 aromatic rings. The number of thioether (sulfide) groups is 1. The molecule has 4 aliphatic carbocycles. The Labute approximate surface area is 251 Å². The number of allylic oxidation sites excluding steroid dienone is 4. The Morgan fingerprint density at radius 3 is 2.42 bits per heavy atom. The summed E-state index contributed by atoms with van der Waals surface area (Å²) in [7, 11) is -1.99. The molecular formula is C35H60O3SSi. The van der Waals surface area contributed by atoms with E-state index in [2.05, 4.69) is 98.5 Å². The van der Waals surface area contributed by atoms with Crippen molar-refractivity contribution in [3.05, 3.63) is 34.9 Å². The monoisotopic (exact) mass is 588 g/mol. The molecule has 0 aliphatic heterocycles. The summed E-state index contributed by atoms with van der Waals surface area (Å²) >= 11 is 2.09. The minimum atomic E-state index is -1.99. The summed E-state index contributed by atoms with van der Waals surface area (Å²) in [6.07, 6.45) is 16.1. The van der Waals surface area contributed by atoms with Gasteiger partial charge >= 0.3 is 0 Å². The first-order chi connectivity index (χ1) is 18.5. The number of rotatable bonds is 10. The molecule has 0 bridgehead atoms. The maximum absolute atomic E-state index is 10.9. The summed E-state index contributed by atoms with van der Waals surface area (Å²) in [5.74, 6) is 2.19. The van der Waals surface area contributed by atoms with Crippen LogP contribution in [0.25, 0.3) is 0 Å². The summed E-state index contributed by atoms with van der Waals surface area (Å²) in [6, 6.07) is 0. The van der Waals surface area contributed by atoms with Gasteiger partial charge in [0.15, 0.2) is 8.32 Å². The molecule has 2 fully saturated rings. The predicted molar refractivity (Wildman–Crippen MR) is 175 cm³/mol. The second kappa shape index (κ2) is 11.6. The van der Waals surface area contributed by atoms with Gasteiger partial charge in [-0.2, -0.15) is 11.8 Å². The molecule has 0 saturated heterocycles. The van der Waals surface area contributed by atoms with E-state index in [1.54, 1.807) is 11.1 Å². The molecule has 2 saturated carbocycles. The third-order valence-corrected chi connectivity index (χ3v) is 18.2.